The maximum Gasteiger partial charge on any atom is 0.105 e. The van der Waals surface area contributed by atoms with Crippen LogP contribution in [0.1, 0.15) is 35.1 Å². The number of benzene rings is 2. The molecule has 2 aromatic carbocycles. The maximum absolute atomic E-state index is 12.8. The molecule has 28 heavy (non-hydrogen) atoms. The fourth-order valence-electron chi connectivity index (χ4n) is 3.28. The number of nitrogens with zero attached hydrogens (tertiary/aromatic N) is 2. The van der Waals surface area contributed by atoms with E-state index in [1.807, 2.05) is 19.2 Å². The van der Waals surface area contributed by atoms with Gasteiger partial charge in [-0.15, -0.1) is 0 Å². The van der Waals surface area contributed by atoms with Gasteiger partial charge in [0.15, 0.2) is 0 Å². The molecular formula is C24H28FN3. The van der Waals surface area contributed by atoms with Crippen molar-refractivity contribution in [3.8, 4) is 0 Å². The van der Waals surface area contributed by atoms with Gasteiger partial charge in [-0.3, -0.25) is 4.39 Å². The summed E-state index contributed by atoms with van der Waals surface area (Å²) >= 11 is 0. The summed E-state index contributed by atoms with van der Waals surface area (Å²) in [5.41, 5.74) is 6.47. The van der Waals surface area contributed by atoms with Crippen molar-refractivity contribution in [3.05, 3.63) is 83.4 Å². The monoisotopic (exact) mass is 377 g/mol. The molecule has 3 rings (SSSR count). The van der Waals surface area contributed by atoms with E-state index in [1.165, 1.54) is 11.1 Å². The molecule has 0 radical (unpaired) electrons. The van der Waals surface area contributed by atoms with Crippen molar-refractivity contribution in [1.82, 2.24) is 10.2 Å². The topological polar surface area (TPSA) is 27.6 Å². The minimum Gasteiger partial charge on any atom is -0.388 e. The van der Waals surface area contributed by atoms with Gasteiger partial charge < -0.3 is 10.2 Å². The first kappa shape index (κ1) is 19.9. The standard InChI is InChI=1S/C24H28FN3/c1-18-9-11-21(12-10-18)23-13-15-28(24(27-23)8-5-14-25)17-20-6-4-7-22(16-20)19(2)26-3/h4,6-7,9-13,16,26H,2,5,8,14-15,17H2,1,3H3. The fraction of sp³-hybridized carbons (Fsp3) is 0.292. The highest BCUT2D eigenvalue weighted by atomic mass is 19.1. The quantitative estimate of drug-likeness (QED) is 0.685. The van der Waals surface area contributed by atoms with Crippen LogP contribution in [0.3, 0.4) is 0 Å². The average Bonchev–Trinajstić information content (AvgIpc) is 2.73. The molecule has 0 aliphatic carbocycles. The van der Waals surface area contributed by atoms with E-state index in [1.54, 1.807) is 0 Å². The van der Waals surface area contributed by atoms with E-state index in [-0.39, 0.29) is 6.67 Å². The highest BCUT2D eigenvalue weighted by molar-refractivity contribution is 5.90. The van der Waals surface area contributed by atoms with Gasteiger partial charge in [0.05, 0.1) is 12.4 Å². The molecule has 0 fully saturated rings. The molecule has 2 aromatic rings. The highest BCUT2D eigenvalue weighted by Crippen LogP contribution is 2.24. The van der Waals surface area contributed by atoms with Crippen LogP contribution in [0, 0.1) is 6.92 Å². The van der Waals surface area contributed by atoms with Crippen molar-refractivity contribution in [1.29, 1.82) is 0 Å². The molecule has 0 unspecified atom stereocenters. The highest BCUT2D eigenvalue weighted by Gasteiger charge is 2.17. The molecule has 1 N–H and O–H groups in total. The van der Waals surface area contributed by atoms with Crippen LogP contribution in [0.2, 0.25) is 0 Å². The van der Waals surface area contributed by atoms with E-state index in [0.717, 1.165) is 41.4 Å². The average molecular weight is 378 g/mol. The maximum atomic E-state index is 12.8. The molecule has 1 aliphatic heterocycles. The second-order valence-electron chi connectivity index (χ2n) is 7.09. The second-order valence-corrected chi connectivity index (χ2v) is 7.09. The van der Waals surface area contributed by atoms with Crippen molar-refractivity contribution in [2.24, 2.45) is 4.99 Å². The van der Waals surface area contributed by atoms with E-state index in [9.17, 15) is 4.39 Å². The lowest BCUT2D eigenvalue weighted by molar-refractivity contribution is 0.426. The molecule has 0 saturated carbocycles. The summed E-state index contributed by atoms with van der Waals surface area (Å²) in [6.07, 6.45) is 3.29. The summed E-state index contributed by atoms with van der Waals surface area (Å²) in [5.74, 6) is 0.952. The van der Waals surface area contributed by atoms with E-state index >= 15 is 0 Å². The number of aliphatic imine (C=N–C) groups is 1. The zero-order valence-electron chi connectivity index (χ0n) is 16.7. The number of alkyl halides is 1. The molecule has 0 spiro atoms. The van der Waals surface area contributed by atoms with Crippen LogP contribution >= 0.6 is 0 Å². The molecule has 0 amide bonds. The van der Waals surface area contributed by atoms with Gasteiger partial charge in [0, 0.05) is 32.3 Å². The number of hydrogen-bond donors (Lipinski definition) is 1. The predicted molar refractivity (Wildman–Crippen MR) is 117 cm³/mol. The fourth-order valence-corrected chi connectivity index (χ4v) is 3.28. The minimum absolute atomic E-state index is 0.325. The Morgan fingerprint density at radius 1 is 1.21 bits per heavy atom. The van der Waals surface area contributed by atoms with Gasteiger partial charge in [-0.2, -0.15) is 0 Å². The third-order valence-corrected chi connectivity index (χ3v) is 4.95. The number of aryl methyl sites for hydroxylation is 1. The molecular weight excluding hydrogens is 349 g/mol. The molecule has 3 nitrogen and oxygen atoms in total. The largest absolute Gasteiger partial charge is 0.388 e. The van der Waals surface area contributed by atoms with E-state index in [0.29, 0.717) is 12.8 Å². The van der Waals surface area contributed by atoms with Crippen molar-refractivity contribution in [2.75, 3.05) is 20.3 Å². The third kappa shape index (κ3) is 4.89. The van der Waals surface area contributed by atoms with Gasteiger partial charge in [-0.25, -0.2) is 4.99 Å². The number of amidine groups is 1. The minimum atomic E-state index is -0.325. The van der Waals surface area contributed by atoms with Crippen LogP contribution in [0.15, 0.2) is 66.2 Å². The molecule has 146 valence electrons. The Labute approximate surface area is 167 Å². The summed E-state index contributed by atoms with van der Waals surface area (Å²) in [5, 5.41) is 3.09. The van der Waals surface area contributed by atoms with Crippen molar-refractivity contribution < 1.29 is 4.39 Å². The Morgan fingerprint density at radius 2 is 2.00 bits per heavy atom. The predicted octanol–water partition coefficient (Wildman–Crippen LogP) is 5.19. The van der Waals surface area contributed by atoms with Crippen LogP contribution in [0.25, 0.3) is 11.4 Å². The normalized spacial score (nSPS) is 13.8. The van der Waals surface area contributed by atoms with Gasteiger partial charge in [-0.1, -0.05) is 54.6 Å². The van der Waals surface area contributed by atoms with Gasteiger partial charge in [0.1, 0.15) is 5.84 Å². The van der Waals surface area contributed by atoms with Crippen LogP contribution in [-0.2, 0) is 6.54 Å². The first-order valence-corrected chi connectivity index (χ1v) is 9.72. The Kier molecular flexibility index (Phi) is 6.64. The Morgan fingerprint density at radius 3 is 2.71 bits per heavy atom. The van der Waals surface area contributed by atoms with Gasteiger partial charge in [0.25, 0.3) is 0 Å². The Bertz CT molecular complexity index is 881. The molecule has 0 saturated heterocycles. The first-order valence-electron chi connectivity index (χ1n) is 9.72. The number of rotatable bonds is 8. The van der Waals surface area contributed by atoms with Gasteiger partial charge >= 0.3 is 0 Å². The molecule has 0 aromatic heterocycles. The zero-order valence-corrected chi connectivity index (χ0v) is 16.7. The third-order valence-electron chi connectivity index (χ3n) is 4.95. The smallest absolute Gasteiger partial charge is 0.105 e. The van der Waals surface area contributed by atoms with E-state index in [4.69, 9.17) is 4.99 Å². The van der Waals surface area contributed by atoms with Crippen molar-refractivity contribution >= 4 is 17.2 Å². The lowest BCUT2D eigenvalue weighted by atomic mass is 10.1. The van der Waals surface area contributed by atoms with Gasteiger partial charge in [-0.05, 0) is 42.2 Å². The summed E-state index contributed by atoms with van der Waals surface area (Å²) in [7, 11) is 1.87. The van der Waals surface area contributed by atoms with Crippen LogP contribution in [0.4, 0.5) is 4.39 Å². The van der Waals surface area contributed by atoms with Crippen LogP contribution in [0.5, 0.6) is 0 Å². The number of halogens is 1. The van der Waals surface area contributed by atoms with Gasteiger partial charge in [0.2, 0.25) is 0 Å². The second kappa shape index (κ2) is 9.36. The Hall–Kier alpha value is -2.88. The number of hydrogen-bond acceptors (Lipinski definition) is 3. The summed E-state index contributed by atoms with van der Waals surface area (Å²) in [6, 6.07) is 16.7. The number of nitrogens with one attached hydrogen (secondary N) is 1. The summed E-state index contributed by atoms with van der Waals surface area (Å²) in [6.45, 7) is 7.30. The lowest BCUT2D eigenvalue weighted by Gasteiger charge is -2.29. The van der Waals surface area contributed by atoms with E-state index < -0.39 is 0 Å². The summed E-state index contributed by atoms with van der Waals surface area (Å²) < 4.78 is 12.8. The van der Waals surface area contributed by atoms with Crippen LogP contribution < -0.4 is 5.32 Å². The molecule has 1 aliphatic rings. The Balaban J connectivity index is 1.80. The summed E-state index contributed by atoms with van der Waals surface area (Å²) in [4.78, 5) is 7.11. The van der Waals surface area contributed by atoms with Crippen molar-refractivity contribution in [3.63, 3.8) is 0 Å². The molecule has 0 bridgehead atoms. The van der Waals surface area contributed by atoms with Crippen LogP contribution in [-0.4, -0.2) is 31.0 Å². The first-order chi connectivity index (χ1) is 13.6. The molecule has 4 heteroatoms. The SMILES string of the molecule is C=C(NC)c1cccc(CN2CC=C(c3ccc(C)cc3)N=C2CCCF)c1. The molecule has 1 heterocycles. The zero-order chi connectivity index (χ0) is 19.9. The molecule has 0 atom stereocenters. The lowest BCUT2D eigenvalue weighted by Crippen LogP contribution is -2.33. The van der Waals surface area contributed by atoms with Crippen molar-refractivity contribution in [2.45, 2.75) is 26.3 Å². The van der Waals surface area contributed by atoms with E-state index in [2.05, 4.69) is 66.2 Å².